The number of nitrogens with zero attached hydrogens (tertiary/aromatic N) is 1. The van der Waals surface area contributed by atoms with E-state index in [1.807, 2.05) is 83.6 Å². The molecule has 0 fully saturated rings. The second kappa shape index (κ2) is 22.1. The van der Waals surface area contributed by atoms with E-state index in [2.05, 4.69) is 12.1 Å². The SMILES string of the molecule is FC(F)(F)c1cc([B-](c2cc(C(F)(F)F)cc(C(F)(F)F)c2)(c2cc(C(F)(F)F)cc(C(F)(F)F)c2)c2cc(C(F)(F)F)cc(C(F)(F)F)c2)cc(C(F)(F)F)c1.O=C(C=Cc1ccccc1)c1cccc[n+]1Cc1ccccc1. The topological polar surface area (TPSA) is 20.9 Å². The van der Waals surface area contributed by atoms with Gasteiger partial charge in [0.15, 0.2) is 12.7 Å². The molecule has 0 aliphatic carbocycles. The van der Waals surface area contributed by atoms with Gasteiger partial charge in [-0.1, -0.05) is 115 Å². The van der Waals surface area contributed by atoms with E-state index >= 15 is 0 Å². The van der Waals surface area contributed by atoms with E-state index in [-0.39, 0.29) is 5.78 Å². The number of rotatable bonds is 9. The minimum atomic E-state index is -6.13. The van der Waals surface area contributed by atoms with Crippen LogP contribution in [-0.4, -0.2) is 11.9 Å². The van der Waals surface area contributed by atoms with E-state index in [0.29, 0.717) is 12.2 Å². The van der Waals surface area contributed by atoms with Crippen molar-refractivity contribution in [2.75, 3.05) is 0 Å². The molecular formula is C53H30BF24NO. The van der Waals surface area contributed by atoms with Crippen LogP contribution in [0.5, 0.6) is 0 Å². The number of alkyl halides is 24. The Morgan fingerprint density at radius 2 is 0.613 bits per heavy atom. The third-order valence-electron chi connectivity index (χ3n) is 12.1. The normalized spacial score (nSPS) is 13.3. The van der Waals surface area contributed by atoms with E-state index in [1.165, 1.54) is 5.56 Å². The third-order valence-corrected chi connectivity index (χ3v) is 12.1. The first-order chi connectivity index (χ1) is 36.6. The summed E-state index contributed by atoms with van der Waals surface area (Å²) in [5, 5.41) is 0. The van der Waals surface area contributed by atoms with Gasteiger partial charge in [-0.25, -0.2) is 0 Å². The Balaban J connectivity index is 0.000000370. The smallest absolute Gasteiger partial charge is 0.282 e. The van der Waals surface area contributed by atoms with Gasteiger partial charge in [-0.2, -0.15) is 132 Å². The van der Waals surface area contributed by atoms with Crippen molar-refractivity contribution in [2.45, 2.75) is 56.0 Å². The monoisotopic (exact) mass is 1160 g/mol. The molecule has 424 valence electrons. The lowest BCUT2D eigenvalue weighted by molar-refractivity contribution is -0.690. The lowest BCUT2D eigenvalue weighted by atomic mass is 9.12. The summed E-state index contributed by atoms with van der Waals surface area (Å²) >= 11 is 0. The summed E-state index contributed by atoms with van der Waals surface area (Å²) in [7, 11) is 0. The fourth-order valence-corrected chi connectivity index (χ4v) is 8.51. The summed E-state index contributed by atoms with van der Waals surface area (Å²) < 4.78 is 343. The zero-order chi connectivity index (χ0) is 59.8. The van der Waals surface area contributed by atoms with Crippen molar-refractivity contribution in [2.24, 2.45) is 0 Å². The van der Waals surface area contributed by atoms with Gasteiger partial charge in [0.25, 0.3) is 5.69 Å². The molecule has 0 aliphatic heterocycles. The van der Waals surface area contributed by atoms with Gasteiger partial charge in [0.2, 0.25) is 5.78 Å². The highest BCUT2D eigenvalue weighted by atomic mass is 19.4. The molecule has 0 saturated carbocycles. The number of hydrogen-bond donors (Lipinski definition) is 0. The van der Waals surface area contributed by atoms with E-state index in [9.17, 15) is 110 Å². The van der Waals surface area contributed by atoms with Crippen molar-refractivity contribution in [3.05, 3.63) is 225 Å². The number of pyridine rings is 1. The summed E-state index contributed by atoms with van der Waals surface area (Å²) in [6, 6.07) is 16.9. The molecular weight excluding hydrogens is 1130 g/mol. The lowest BCUT2D eigenvalue weighted by Crippen LogP contribution is -2.75. The number of ketones is 1. The van der Waals surface area contributed by atoms with Gasteiger partial charge >= 0.3 is 49.4 Å². The van der Waals surface area contributed by atoms with Crippen LogP contribution in [0, 0.1) is 0 Å². The summed E-state index contributed by atoms with van der Waals surface area (Å²) in [6.07, 6.45) is -49.4. The lowest BCUT2D eigenvalue weighted by Gasteiger charge is -2.46. The molecule has 0 spiro atoms. The Hall–Kier alpha value is -7.74. The minimum absolute atomic E-state index is 0.00499. The molecule has 0 bridgehead atoms. The van der Waals surface area contributed by atoms with Gasteiger partial charge in [-0.05, 0) is 42.0 Å². The van der Waals surface area contributed by atoms with E-state index in [0.717, 1.165) is 5.56 Å². The molecule has 7 aromatic rings. The average molecular weight is 1160 g/mol. The maximum Gasteiger partial charge on any atom is 0.416 e. The van der Waals surface area contributed by atoms with Crippen LogP contribution in [0.25, 0.3) is 6.08 Å². The highest BCUT2D eigenvalue weighted by Gasteiger charge is 2.47. The van der Waals surface area contributed by atoms with Gasteiger partial charge in [0.1, 0.15) is 6.15 Å². The fraction of sp³-hybridized carbons (Fsp3) is 0.170. The maximum absolute atomic E-state index is 14.2. The predicted octanol–water partition coefficient (Wildman–Crippen LogP) is 15.1. The van der Waals surface area contributed by atoms with Gasteiger partial charge in [-0.15, -0.1) is 0 Å². The zero-order valence-corrected chi connectivity index (χ0v) is 39.4. The number of benzene rings is 6. The van der Waals surface area contributed by atoms with Crippen LogP contribution >= 0.6 is 0 Å². The minimum Gasteiger partial charge on any atom is -0.282 e. The number of carbonyl (C=O) groups is 1. The summed E-state index contributed by atoms with van der Waals surface area (Å²) in [5.74, 6) is 0.00499. The first kappa shape index (κ1) is 61.5. The van der Waals surface area contributed by atoms with Crippen LogP contribution in [-0.2, 0) is 56.0 Å². The summed E-state index contributed by atoms with van der Waals surface area (Å²) in [5.41, 5.74) is -27.3. The Bertz CT molecular complexity index is 2930. The molecule has 0 radical (unpaired) electrons. The summed E-state index contributed by atoms with van der Waals surface area (Å²) in [4.78, 5) is 12.5. The Labute approximate surface area is 435 Å². The molecule has 27 heteroatoms. The molecule has 0 atom stereocenters. The standard InChI is InChI=1S/C32H12BF24.C21H18NO/c34-25(35,36)13-1-14(26(37,38)39)6-21(5-13)33(22-7-15(27(40,41)42)2-16(8-22)28(43,44)45,23-9-17(29(46,47)48)3-18(10-23)30(49,50)51)24-11-19(31(52,53)54)4-20(12-24)32(55,56)57;23-21(15-14-18-9-3-1-4-10-18)20-13-7-8-16-22(20)17-19-11-5-2-6-12-19/h1-12H;1-16H,17H2/q-1;+1. The van der Waals surface area contributed by atoms with Gasteiger partial charge in [0, 0.05) is 17.7 Å². The molecule has 0 saturated heterocycles. The number of aromatic nitrogens is 1. The molecule has 0 amide bonds. The molecule has 2 nitrogen and oxygen atoms in total. The van der Waals surface area contributed by atoms with Crippen molar-refractivity contribution < 1.29 is 115 Å². The maximum atomic E-state index is 14.2. The molecule has 6 aromatic carbocycles. The molecule has 1 aromatic heterocycles. The highest BCUT2D eigenvalue weighted by Crippen LogP contribution is 2.41. The molecule has 0 N–H and O–H groups in total. The van der Waals surface area contributed by atoms with Crippen molar-refractivity contribution in [3.63, 3.8) is 0 Å². The van der Waals surface area contributed by atoms with Gasteiger partial charge < -0.3 is 0 Å². The quantitative estimate of drug-likeness (QED) is 0.0464. The van der Waals surface area contributed by atoms with E-state index in [4.69, 9.17) is 0 Å². The fourth-order valence-electron chi connectivity index (χ4n) is 8.51. The Kier molecular flexibility index (Phi) is 17.0. The van der Waals surface area contributed by atoms with Gasteiger partial charge in [0.05, 0.1) is 44.5 Å². The second-order valence-corrected chi connectivity index (χ2v) is 17.5. The van der Waals surface area contributed by atoms with Crippen LogP contribution < -0.4 is 26.4 Å². The molecule has 0 aliphatic rings. The first-order valence-electron chi connectivity index (χ1n) is 22.2. The predicted molar refractivity (Wildman–Crippen MR) is 242 cm³/mol. The number of allylic oxidation sites excluding steroid dienone is 1. The van der Waals surface area contributed by atoms with Crippen molar-refractivity contribution >= 4 is 39.9 Å². The largest absolute Gasteiger partial charge is 0.416 e. The van der Waals surface area contributed by atoms with Crippen molar-refractivity contribution in [1.82, 2.24) is 0 Å². The number of hydrogen-bond acceptors (Lipinski definition) is 1. The first-order valence-corrected chi connectivity index (χ1v) is 22.2. The summed E-state index contributed by atoms with van der Waals surface area (Å²) in [6.45, 7) is 0.682. The van der Waals surface area contributed by atoms with E-state index in [1.54, 1.807) is 6.08 Å². The third kappa shape index (κ3) is 14.5. The van der Waals surface area contributed by atoms with Crippen LogP contribution in [0.3, 0.4) is 0 Å². The van der Waals surface area contributed by atoms with Crippen LogP contribution in [0.4, 0.5) is 105 Å². The van der Waals surface area contributed by atoms with Crippen LogP contribution in [0.1, 0.15) is 66.1 Å². The van der Waals surface area contributed by atoms with Crippen LogP contribution in [0.15, 0.2) is 164 Å². The molecule has 7 rings (SSSR count). The number of carbonyl (C=O) groups excluding carboxylic acids is 1. The van der Waals surface area contributed by atoms with Crippen LogP contribution in [0.2, 0.25) is 0 Å². The zero-order valence-electron chi connectivity index (χ0n) is 39.4. The molecule has 80 heavy (non-hydrogen) atoms. The molecule has 0 unspecified atom stereocenters. The Morgan fingerprint density at radius 3 is 0.887 bits per heavy atom. The second-order valence-electron chi connectivity index (χ2n) is 17.5. The van der Waals surface area contributed by atoms with Gasteiger partial charge in [-0.3, -0.25) is 4.79 Å². The molecule has 1 heterocycles. The van der Waals surface area contributed by atoms with Crippen molar-refractivity contribution in [3.8, 4) is 0 Å². The highest BCUT2D eigenvalue weighted by molar-refractivity contribution is 7.20. The van der Waals surface area contributed by atoms with E-state index < -0.39 is 195 Å². The Morgan fingerprint density at radius 1 is 0.350 bits per heavy atom. The average Bonchev–Trinajstić information content (AvgIpc) is 3.35. The number of halogens is 24. The van der Waals surface area contributed by atoms with Crippen molar-refractivity contribution in [1.29, 1.82) is 0 Å².